The van der Waals surface area contributed by atoms with Gasteiger partial charge in [-0.15, -0.1) is 0 Å². The largest absolute Gasteiger partial charge is 0.493 e. The number of morpholine rings is 1. The molecule has 2 amide bonds. The standard InChI is InChI=1S/C26H32N4O6S/c1-33-23-8-7-20(16-24(23)34-2)22-18-37-26(32)30(28-22)17-19-5-3-6-21(15-19)27-25(31)36-12-4-9-29-10-13-35-14-11-29/h3,5-8,15-16H,4,9-14,17-18H2,1-2H3,(H,27,31). The van der Waals surface area contributed by atoms with Crippen molar-refractivity contribution in [2.24, 2.45) is 5.10 Å². The first-order valence-electron chi connectivity index (χ1n) is 12.1. The van der Waals surface area contributed by atoms with Crippen LogP contribution in [0.4, 0.5) is 15.3 Å². The third kappa shape index (κ3) is 7.61. The van der Waals surface area contributed by atoms with Crippen LogP contribution in [-0.4, -0.2) is 86.4 Å². The van der Waals surface area contributed by atoms with Gasteiger partial charge in [0.15, 0.2) is 11.5 Å². The maximum Gasteiger partial charge on any atom is 0.411 e. The Labute approximate surface area is 220 Å². The predicted octanol–water partition coefficient (Wildman–Crippen LogP) is 4.05. The molecule has 0 aromatic heterocycles. The van der Waals surface area contributed by atoms with Gasteiger partial charge in [0.1, 0.15) is 0 Å². The maximum absolute atomic E-state index is 12.6. The molecule has 1 N–H and O–H groups in total. The fourth-order valence-electron chi connectivity index (χ4n) is 4.03. The second-order valence-corrected chi connectivity index (χ2v) is 9.42. The summed E-state index contributed by atoms with van der Waals surface area (Å²) in [5.41, 5.74) is 3.04. The second kappa shape index (κ2) is 13.3. The van der Waals surface area contributed by atoms with Crippen LogP contribution < -0.4 is 14.8 Å². The maximum atomic E-state index is 12.6. The van der Waals surface area contributed by atoms with Crippen molar-refractivity contribution in [2.75, 3.05) is 64.7 Å². The predicted molar refractivity (Wildman–Crippen MR) is 143 cm³/mol. The fourth-order valence-corrected chi connectivity index (χ4v) is 4.77. The summed E-state index contributed by atoms with van der Waals surface area (Å²) < 4.78 is 21.4. The number of hydrogen-bond donors (Lipinski definition) is 1. The van der Waals surface area contributed by atoms with E-state index in [0.717, 1.165) is 56.1 Å². The van der Waals surface area contributed by atoms with Crippen molar-refractivity contribution in [3.63, 3.8) is 0 Å². The third-order valence-corrected chi connectivity index (χ3v) is 6.84. The topological polar surface area (TPSA) is 102 Å². The average molecular weight is 529 g/mol. The number of methoxy groups -OCH3 is 2. The van der Waals surface area contributed by atoms with Crippen molar-refractivity contribution in [3.8, 4) is 11.5 Å². The number of carbonyl (C=O) groups excluding carboxylic acids is 2. The summed E-state index contributed by atoms with van der Waals surface area (Å²) in [6, 6.07) is 12.9. The van der Waals surface area contributed by atoms with Gasteiger partial charge in [0.05, 0.1) is 46.3 Å². The molecule has 198 valence electrons. The van der Waals surface area contributed by atoms with Gasteiger partial charge in [0.2, 0.25) is 0 Å². The lowest BCUT2D eigenvalue weighted by molar-refractivity contribution is 0.0348. The third-order valence-electron chi connectivity index (χ3n) is 5.96. The minimum absolute atomic E-state index is 0.137. The van der Waals surface area contributed by atoms with Gasteiger partial charge in [0.25, 0.3) is 0 Å². The van der Waals surface area contributed by atoms with Gasteiger partial charge in [-0.2, -0.15) is 5.10 Å². The van der Waals surface area contributed by atoms with Crippen LogP contribution in [0, 0.1) is 0 Å². The smallest absolute Gasteiger partial charge is 0.411 e. The van der Waals surface area contributed by atoms with E-state index in [1.54, 1.807) is 20.3 Å². The summed E-state index contributed by atoms with van der Waals surface area (Å²) in [4.78, 5) is 27.1. The van der Waals surface area contributed by atoms with E-state index in [1.165, 1.54) is 16.8 Å². The zero-order valence-electron chi connectivity index (χ0n) is 21.1. The Morgan fingerprint density at radius 2 is 1.92 bits per heavy atom. The average Bonchev–Trinajstić information content (AvgIpc) is 2.92. The van der Waals surface area contributed by atoms with E-state index < -0.39 is 6.09 Å². The Bertz CT molecular complexity index is 1120. The van der Waals surface area contributed by atoms with E-state index >= 15 is 0 Å². The first-order chi connectivity index (χ1) is 18.1. The molecule has 0 atom stereocenters. The van der Waals surface area contributed by atoms with E-state index in [9.17, 15) is 9.59 Å². The van der Waals surface area contributed by atoms with E-state index in [4.69, 9.17) is 18.9 Å². The van der Waals surface area contributed by atoms with Crippen LogP contribution in [0.5, 0.6) is 11.5 Å². The molecule has 0 saturated carbocycles. The molecule has 0 spiro atoms. The van der Waals surface area contributed by atoms with Gasteiger partial charge in [0, 0.05) is 36.6 Å². The van der Waals surface area contributed by atoms with Crippen LogP contribution in [0.3, 0.4) is 0 Å². The lowest BCUT2D eigenvalue weighted by Crippen LogP contribution is -2.37. The normalized spacial score (nSPS) is 16.2. The van der Waals surface area contributed by atoms with Gasteiger partial charge in [-0.25, -0.2) is 9.80 Å². The van der Waals surface area contributed by atoms with Crippen molar-refractivity contribution in [2.45, 2.75) is 13.0 Å². The van der Waals surface area contributed by atoms with Crippen molar-refractivity contribution in [1.29, 1.82) is 0 Å². The van der Waals surface area contributed by atoms with E-state index in [0.29, 0.717) is 29.5 Å². The summed E-state index contributed by atoms with van der Waals surface area (Å²) in [5.74, 6) is 1.69. The highest BCUT2D eigenvalue weighted by Gasteiger charge is 2.23. The molecule has 2 aromatic carbocycles. The molecule has 0 bridgehead atoms. The van der Waals surface area contributed by atoms with Gasteiger partial charge in [-0.05, 0) is 42.3 Å². The van der Waals surface area contributed by atoms with Crippen LogP contribution in [0.25, 0.3) is 0 Å². The number of benzene rings is 2. The highest BCUT2D eigenvalue weighted by Crippen LogP contribution is 2.30. The van der Waals surface area contributed by atoms with Crippen LogP contribution in [0.1, 0.15) is 17.5 Å². The zero-order valence-corrected chi connectivity index (χ0v) is 21.9. The molecule has 37 heavy (non-hydrogen) atoms. The van der Waals surface area contributed by atoms with Crippen LogP contribution in [0.2, 0.25) is 0 Å². The summed E-state index contributed by atoms with van der Waals surface area (Å²) >= 11 is 1.19. The minimum Gasteiger partial charge on any atom is -0.493 e. The lowest BCUT2D eigenvalue weighted by atomic mass is 10.1. The van der Waals surface area contributed by atoms with E-state index in [1.807, 2.05) is 36.4 Å². The number of ether oxygens (including phenoxy) is 4. The molecule has 11 heteroatoms. The Morgan fingerprint density at radius 3 is 2.70 bits per heavy atom. The SMILES string of the molecule is COc1ccc(C2=NN(Cc3cccc(NC(=O)OCCCN4CCOCC4)c3)C(=O)SC2)cc1OC. The minimum atomic E-state index is -0.502. The highest BCUT2D eigenvalue weighted by molar-refractivity contribution is 8.14. The summed E-state index contributed by atoms with van der Waals surface area (Å²) in [6.45, 7) is 4.82. The highest BCUT2D eigenvalue weighted by atomic mass is 32.2. The molecule has 2 heterocycles. The van der Waals surface area contributed by atoms with Crippen LogP contribution in [-0.2, 0) is 16.0 Å². The quantitative estimate of drug-likeness (QED) is 0.461. The summed E-state index contributed by atoms with van der Waals surface area (Å²) in [7, 11) is 3.17. The molecule has 2 aliphatic heterocycles. The number of hydrazone groups is 1. The number of anilines is 1. The van der Waals surface area contributed by atoms with Crippen molar-refractivity contribution < 1.29 is 28.5 Å². The molecule has 2 aromatic rings. The fraction of sp³-hybridized carbons (Fsp3) is 0.423. The molecule has 4 rings (SSSR count). The molecule has 2 aliphatic rings. The second-order valence-electron chi connectivity index (χ2n) is 8.50. The van der Waals surface area contributed by atoms with E-state index in [2.05, 4.69) is 15.3 Å². The number of nitrogens with zero attached hydrogens (tertiary/aromatic N) is 3. The lowest BCUT2D eigenvalue weighted by Gasteiger charge is -2.26. The molecule has 1 fully saturated rings. The molecule has 10 nitrogen and oxygen atoms in total. The van der Waals surface area contributed by atoms with Crippen molar-refractivity contribution >= 4 is 34.5 Å². The number of thioether (sulfide) groups is 1. The van der Waals surface area contributed by atoms with Gasteiger partial charge in [-0.1, -0.05) is 23.9 Å². The van der Waals surface area contributed by atoms with Gasteiger partial charge in [-0.3, -0.25) is 15.0 Å². The Hall–Kier alpha value is -3.28. The molecule has 1 saturated heterocycles. The first kappa shape index (κ1) is 26.8. The molecular formula is C26H32N4O6S. The van der Waals surface area contributed by atoms with Crippen molar-refractivity contribution in [1.82, 2.24) is 9.91 Å². The molecule has 0 unspecified atom stereocenters. The Morgan fingerprint density at radius 1 is 1.11 bits per heavy atom. The zero-order chi connectivity index (χ0) is 26.0. The van der Waals surface area contributed by atoms with Crippen LogP contribution in [0.15, 0.2) is 47.6 Å². The number of amides is 2. The van der Waals surface area contributed by atoms with Gasteiger partial charge < -0.3 is 18.9 Å². The number of rotatable bonds is 10. The Kier molecular flexibility index (Phi) is 9.64. The molecular weight excluding hydrogens is 496 g/mol. The molecule has 0 radical (unpaired) electrons. The van der Waals surface area contributed by atoms with Crippen molar-refractivity contribution in [3.05, 3.63) is 53.6 Å². The van der Waals surface area contributed by atoms with Crippen LogP contribution >= 0.6 is 11.8 Å². The number of carbonyl (C=O) groups is 2. The number of hydrogen-bond acceptors (Lipinski definition) is 9. The van der Waals surface area contributed by atoms with E-state index in [-0.39, 0.29) is 11.8 Å². The number of nitrogens with one attached hydrogen (secondary N) is 1. The Balaban J connectivity index is 1.33. The molecule has 0 aliphatic carbocycles. The summed E-state index contributed by atoms with van der Waals surface area (Å²) in [6.07, 6.45) is 0.264. The van der Waals surface area contributed by atoms with Gasteiger partial charge >= 0.3 is 11.3 Å². The monoisotopic (exact) mass is 528 g/mol. The summed E-state index contributed by atoms with van der Waals surface area (Å²) in [5, 5.41) is 8.66. The first-order valence-corrected chi connectivity index (χ1v) is 13.1.